The number of aliphatic hydroxyl groups excluding tert-OH is 1. The minimum atomic E-state index is -0.185. The van der Waals surface area contributed by atoms with Crippen LogP contribution >= 0.6 is 0 Å². The lowest BCUT2D eigenvalue weighted by Gasteiger charge is -2.26. The number of hydrogen-bond donors (Lipinski definition) is 2. The van der Waals surface area contributed by atoms with Gasteiger partial charge >= 0.3 is 0 Å². The minimum absolute atomic E-state index is 0.0409. The smallest absolute Gasteiger partial charge is 0.0956 e. The molecule has 3 heteroatoms. The monoisotopic (exact) mass is 257 g/mol. The van der Waals surface area contributed by atoms with E-state index in [0.717, 1.165) is 13.0 Å². The first-order valence-corrected chi connectivity index (χ1v) is 7.61. The average molecular weight is 257 g/mol. The summed E-state index contributed by atoms with van der Waals surface area (Å²) in [4.78, 5) is 0. The lowest BCUT2D eigenvalue weighted by atomic mass is 9.99. The van der Waals surface area contributed by atoms with Crippen LogP contribution in [0, 0.1) is 11.8 Å². The topological polar surface area (TPSA) is 55.5 Å². The Morgan fingerprint density at radius 3 is 2.28 bits per heavy atom. The molecular formula is C15H31NO2. The van der Waals surface area contributed by atoms with Crippen LogP contribution in [0.2, 0.25) is 0 Å². The summed E-state index contributed by atoms with van der Waals surface area (Å²) in [6.07, 6.45) is 8.67. The number of hydrogen-bond acceptors (Lipinski definition) is 3. The summed E-state index contributed by atoms with van der Waals surface area (Å²) in [7, 11) is 0. The summed E-state index contributed by atoms with van der Waals surface area (Å²) in [6, 6.07) is -0.0409. The molecule has 0 aromatic heterocycles. The fraction of sp³-hybridized carbons (Fsp3) is 1.00. The van der Waals surface area contributed by atoms with Gasteiger partial charge in [0.1, 0.15) is 0 Å². The molecule has 0 saturated heterocycles. The van der Waals surface area contributed by atoms with Crippen LogP contribution < -0.4 is 5.73 Å². The molecule has 3 nitrogen and oxygen atoms in total. The zero-order valence-electron chi connectivity index (χ0n) is 12.1. The second kappa shape index (κ2) is 8.89. The van der Waals surface area contributed by atoms with Crippen molar-refractivity contribution in [2.24, 2.45) is 17.6 Å². The van der Waals surface area contributed by atoms with E-state index < -0.39 is 0 Å². The Kier molecular flexibility index (Phi) is 7.87. The first kappa shape index (κ1) is 15.9. The zero-order valence-corrected chi connectivity index (χ0v) is 12.1. The van der Waals surface area contributed by atoms with Crippen molar-refractivity contribution >= 4 is 0 Å². The van der Waals surface area contributed by atoms with Crippen LogP contribution in [-0.2, 0) is 4.74 Å². The molecule has 0 radical (unpaired) electrons. The normalized spacial score (nSPS) is 21.8. The standard InChI is InChI=1S/C15H31NO2/c1-12(2)9-14(16)15(10-17)18-11-13-7-5-3-4-6-8-13/h12-15,17H,3-11,16H2,1-2H3. The van der Waals surface area contributed by atoms with E-state index in [9.17, 15) is 5.11 Å². The van der Waals surface area contributed by atoms with Crippen LogP contribution in [0.5, 0.6) is 0 Å². The van der Waals surface area contributed by atoms with Crippen molar-refractivity contribution in [1.82, 2.24) is 0 Å². The van der Waals surface area contributed by atoms with Crippen LogP contribution in [0.15, 0.2) is 0 Å². The van der Waals surface area contributed by atoms with Crippen molar-refractivity contribution < 1.29 is 9.84 Å². The van der Waals surface area contributed by atoms with E-state index in [0.29, 0.717) is 11.8 Å². The Morgan fingerprint density at radius 1 is 1.17 bits per heavy atom. The van der Waals surface area contributed by atoms with Crippen molar-refractivity contribution in [2.45, 2.75) is 70.9 Å². The summed E-state index contributed by atoms with van der Waals surface area (Å²) in [5.41, 5.74) is 6.09. The SMILES string of the molecule is CC(C)CC(N)C(CO)OCC1CCCCCC1. The first-order valence-electron chi connectivity index (χ1n) is 7.61. The van der Waals surface area contributed by atoms with Crippen LogP contribution in [0.3, 0.4) is 0 Å². The highest BCUT2D eigenvalue weighted by molar-refractivity contribution is 4.75. The van der Waals surface area contributed by atoms with E-state index in [1.807, 2.05) is 0 Å². The van der Waals surface area contributed by atoms with Gasteiger partial charge in [-0.1, -0.05) is 39.5 Å². The van der Waals surface area contributed by atoms with Crippen LogP contribution in [0.4, 0.5) is 0 Å². The van der Waals surface area contributed by atoms with Gasteiger partial charge in [-0.15, -0.1) is 0 Å². The molecule has 1 saturated carbocycles. The van der Waals surface area contributed by atoms with Crippen molar-refractivity contribution in [3.63, 3.8) is 0 Å². The molecule has 0 amide bonds. The van der Waals surface area contributed by atoms with E-state index in [-0.39, 0.29) is 18.8 Å². The van der Waals surface area contributed by atoms with Crippen molar-refractivity contribution in [3.05, 3.63) is 0 Å². The Bertz CT molecular complexity index is 201. The Balaban J connectivity index is 2.28. The molecule has 0 aromatic rings. The molecule has 108 valence electrons. The first-order chi connectivity index (χ1) is 8.63. The highest BCUT2D eigenvalue weighted by Gasteiger charge is 2.21. The number of rotatable bonds is 7. The fourth-order valence-corrected chi connectivity index (χ4v) is 2.80. The van der Waals surface area contributed by atoms with Gasteiger partial charge in [-0.25, -0.2) is 0 Å². The average Bonchev–Trinajstić information content (AvgIpc) is 2.57. The summed E-state index contributed by atoms with van der Waals surface area (Å²) in [6.45, 7) is 5.12. The third kappa shape index (κ3) is 6.17. The maximum atomic E-state index is 9.39. The molecule has 2 unspecified atom stereocenters. The predicted octanol–water partition coefficient (Wildman–Crippen LogP) is 2.71. The fourth-order valence-electron chi connectivity index (χ4n) is 2.80. The Labute approximate surface area is 112 Å². The van der Waals surface area contributed by atoms with Crippen molar-refractivity contribution in [2.75, 3.05) is 13.2 Å². The lowest BCUT2D eigenvalue weighted by molar-refractivity contribution is -0.0236. The van der Waals surface area contributed by atoms with Gasteiger partial charge in [0.05, 0.1) is 12.7 Å². The molecule has 0 bridgehead atoms. The van der Waals surface area contributed by atoms with Crippen LogP contribution in [-0.4, -0.2) is 30.5 Å². The Morgan fingerprint density at radius 2 is 1.78 bits per heavy atom. The van der Waals surface area contributed by atoms with Crippen molar-refractivity contribution in [1.29, 1.82) is 0 Å². The van der Waals surface area contributed by atoms with Gasteiger partial charge in [0.2, 0.25) is 0 Å². The summed E-state index contributed by atoms with van der Waals surface area (Å²) < 4.78 is 5.87. The lowest BCUT2D eigenvalue weighted by Crippen LogP contribution is -2.41. The molecular weight excluding hydrogens is 226 g/mol. The zero-order chi connectivity index (χ0) is 13.4. The van der Waals surface area contributed by atoms with Gasteiger partial charge < -0.3 is 15.6 Å². The van der Waals surface area contributed by atoms with Gasteiger partial charge in [0, 0.05) is 12.6 Å². The minimum Gasteiger partial charge on any atom is -0.394 e. The molecule has 0 spiro atoms. The van der Waals surface area contributed by atoms with Crippen LogP contribution in [0.25, 0.3) is 0 Å². The van der Waals surface area contributed by atoms with Gasteiger partial charge in [-0.3, -0.25) is 0 Å². The maximum Gasteiger partial charge on any atom is 0.0956 e. The van der Waals surface area contributed by atoms with Gasteiger partial charge in [0.15, 0.2) is 0 Å². The molecule has 1 aliphatic rings. The molecule has 2 atom stereocenters. The van der Waals surface area contributed by atoms with Crippen LogP contribution in [0.1, 0.15) is 58.8 Å². The molecule has 1 rings (SSSR count). The van der Waals surface area contributed by atoms with E-state index >= 15 is 0 Å². The van der Waals surface area contributed by atoms with Gasteiger partial charge in [0.25, 0.3) is 0 Å². The van der Waals surface area contributed by atoms with Gasteiger partial charge in [-0.2, -0.15) is 0 Å². The second-order valence-electron chi connectivity index (χ2n) is 6.21. The number of nitrogens with two attached hydrogens (primary N) is 1. The van der Waals surface area contributed by atoms with Gasteiger partial charge in [-0.05, 0) is 31.1 Å². The third-order valence-corrected chi connectivity index (χ3v) is 3.92. The van der Waals surface area contributed by atoms with E-state index in [1.165, 1.54) is 38.5 Å². The molecule has 0 heterocycles. The van der Waals surface area contributed by atoms with E-state index in [2.05, 4.69) is 13.8 Å². The predicted molar refractivity (Wildman–Crippen MR) is 75.4 cm³/mol. The summed E-state index contributed by atoms with van der Waals surface area (Å²) >= 11 is 0. The van der Waals surface area contributed by atoms with Crippen molar-refractivity contribution in [3.8, 4) is 0 Å². The summed E-state index contributed by atoms with van der Waals surface area (Å²) in [5.74, 6) is 1.23. The highest BCUT2D eigenvalue weighted by Crippen LogP contribution is 2.23. The largest absolute Gasteiger partial charge is 0.394 e. The quantitative estimate of drug-likeness (QED) is 0.689. The number of aliphatic hydroxyl groups is 1. The maximum absolute atomic E-state index is 9.39. The Hall–Kier alpha value is -0.120. The molecule has 0 aliphatic heterocycles. The van der Waals surface area contributed by atoms with E-state index in [4.69, 9.17) is 10.5 Å². The van der Waals surface area contributed by atoms with E-state index in [1.54, 1.807) is 0 Å². The second-order valence-corrected chi connectivity index (χ2v) is 6.21. The molecule has 3 N–H and O–H groups in total. The third-order valence-electron chi connectivity index (χ3n) is 3.92. The highest BCUT2D eigenvalue weighted by atomic mass is 16.5. The molecule has 1 fully saturated rings. The molecule has 0 aromatic carbocycles. The molecule has 1 aliphatic carbocycles. The summed E-state index contributed by atoms with van der Waals surface area (Å²) in [5, 5.41) is 9.39. The molecule has 18 heavy (non-hydrogen) atoms. The number of ether oxygens (including phenoxy) is 1.